The van der Waals surface area contributed by atoms with Crippen molar-refractivity contribution in [2.75, 3.05) is 24.5 Å². The molecule has 2 fully saturated rings. The van der Waals surface area contributed by atoms with Crippen molar-refractivity contribution in [2.45, 2.75) is 44.2 Å². The number of hydrogen-bond acceptors (Lipinski definition) is 6. The van der Waals surface area contributed by atoms with Gasteiger partial charge in [-0.05, 0) is 81.1 Å². The van der Waals surface area contributed by atoms with Gasteiger partial charge in [0.25, 0.3) is 0 Å². The minimum atomic E-state index is -0.203. The number of ether oxygens (including phenoxy) is 1. The number of aromatic nitrogens is 4. The Labute approximate surface area is 204 Å². The SMILES string of the molecule is Fc1cccc(C2CCCCN2c2ccc3ncc(-c4cccc(OC5CCNCC5)n4)n3n2)c1. The number of pyridine rings is 1. The number of imidazole rings is 1. The normalized spacial score (nSPS) is 19.2. The summed E-state index contributed by atoms with van der Waals surface area (Å²) in [4.78, 5) is 11.6. The lowest BCUT2D eigenvalue weighted by atomic mass is 9.95. The van der Waals surface area contributed by atoms with Gasteiger partial charge in [0.2, 0.25) is 5.88 Å². The third-order valence-electron chi connectivity index (χ3n) is 6.94. The summed E-state index contributed by atoms with van der Waals surface area (Å²) < 4.78 is 22.0. The van der Waals surface area contributed by atoms with E-state index in [0.717, 1.165) is 80.2 Å². The molecule has 6 rings (SSSR count). The highest BCUT2D eigenvalue weighted by Gasteiger charge is 2.26. The fraction of sp³-hybridized carbons (Fsp3) is 0.370. The van der Waals surface area contributed by atoms with E-state index in [0.29, 0.717) is 5.88 Å². The molecule has 0 aliphatic carbocycles. The van der Waals surface area contributed by atoms with E-state index in [4.69, 9.17) is 14.8 Å². The molecule has 2 aliphatic heterocycles. The predicted octanol–water partition coefficient (Wildman–Crippen LogP) is 4.79. The van der Waals surface area contributed by atoms with E-state index in [9.17, 15) is 4.39 Å². The number of anilines is 1. The largest absolute Gasteiger partial charge is 0.474 e. The first-order valence-electron chi connectivity index (χ1n) is 12.5. The molecule has 0 saturated carbocycles. The van der Waals surface area contributed by atoms with E-state index in [-0.39, 0.29) is 18.0 Å². The van der Waals surface area contributed by atoms with Crippen LogP contribution in [0.3, 0.4) is 0 Å². The third-order valence-corrected chi connectivity index (χ3v) is 6.94. The van der Waals surface area contributed by atoms with E-state index < -0.39 is 0 Å². The van der Waals surface area contributed by atoms with Crippen LogP contribution in [0.4, 0.5) is 10.2 Å². The lowest BCUT2D eigenvalue weighted by molar-refractivity contribution is 0.156. The highest BCUT2D eigenvalue weighted by Crippen LogP contribution is 2.35. The number of halogens is 1. The summed E-state index contributed by atoms with van der Waals surface area (Å²) >= 11 is 0. The molecular formula is C27H29FN6O. The average Bonchev–Trinajstić information content (AvgIpc) is 3.33. The maximum atomic E-state index is 14.0. The standard InChI is InChI=1S/C27H29FN6O/c28-20-6-3-5-19(17-20)23-8-1-2-16-33(23)26-11-10-25-30-18-24(34(25)32-26)22-7-4-9-27(31-22)35-21-12-14-29-15-13-21/h3-7,9-11,17-18,21,23,29H,1-2,8,12-16H2. The second-order valence-electron chi connectivity index (χ2n) is 9.29. The van der Waals surface area contributed by atoms with Crippen molar-refractivity contribution in [3.63, 3.8) is 0 Å². The van der Waals surface area contributed by atoms with Gasteiger partial charge in [0.1, 0.15) is 23.4 Å². The van der Waals surface area contributed by atoms with Gasteiger partial charge in [0.05, 0.1) is 17.9 Å². The van der Waals surface area contributed by atoms with E-state index in [1.807, 2.05) is 47.1 Å². The van der Waals surface area contributed by atoms with Crippen LogP contribution in [0.1, 0.15) is 43.7 Å². The first kappa shape index (κ1) is 22.0. The number of nitrogens with zero attached hydrogens (tertiary/aromatic N) is 5. The molecular weight excluding hydrogens is 443 g/mol. The fourth-order valence-corrected chi connectivity index (χ4v) is 5.16. The fourth-order valence-electron chi connectivity index (χ4n) is 5.16. The van der Waals surface area contributed by atoms with Crippen molar-refractivity contribution in [1.29, 1.82) is 0 Å². The Bertz CT molecular complexity index is 1320. The van der Waals surface area contributed by atoms with Crippen LogP contribution in [0.25, 0.3) is 17.0 Å². The zero-order chi connectivity index (χ0) is 23.6. The number of fused-ring (bicyclic) bond motifs is 1. The topological polar surface area (TPSA) is 67.6 Å². The number of benzene rings is 1. The molecule has 7 nitrogen and oxygen atoms in total. The summed E-state index contributed by atoms with van der Waals surface area (Å²) in [6, 6.07) is 16.8. The van der Waals surface area contributed by atoms with Gasteiger partial charge in [-0.25, -0.2) is 18.9 Å². The molecule has 4 aromatic rings. The Morgan fingerprint density at radius 3 is 2.74 bits per heavy atom. The minimum absolute atomic E-state index is 0.0937. The van der Waals surface area contributed by atoms with Gasteiger partial charge >= 0.3 is 0 Å². The van der Waals surface area contributed by atoms with E-state index in [1.54, 1.807) is 12.1 Å². The van der Waals surface area contributed by atoms with E-state index in [2.05, 4.69) is 15.2 Å². The van der Waals surface area contributed by atoms with Crippen molar-refractivity contribution in [1.82, 2.24) is 24.9 Å². The van der Waals surface area contributed by atoms with Gasteiger partial charge in [0, 0.05) is 12.6 Å². The van der Waals surface area contributed by atoms with Crippen LogP contribution in [0.5, 0.6) is 5.88 Å². The zero-order valence-corrected chi connectivity index (χ0v) is 19.6. The lowest BCUT2D eigenvalue weighted by Gasteiger charge is -2.37. The Balaban J connectivity index is 1.32. The molecule has 180 valence electrons. The molecule has 8 heteroatoms. The maximum absolute atomic E-state index is 14.0. The quantitative estimate of drug-likeness (QED) is 0.450. The van der Waals surface area contributed by atoms with Crippen molar-refractivity contribution in [3.8, 4) is 17.3 Å². The molecule has 5 heterocycles. The summed E-state index contributed by atoms with van der Waals surface area (Å²) in [5, 5.41) is 8.34. The van der Waals surface area contributed by atoms with Crippen LogP contribution >= 0.6 is 0 Å². The Morgan fingerprint density at radius 1 is 0.971 bits per heavy atom. The highest BCUT2D eigenvalue weighted by molar-refractivity contribution is 5.61. The summed E-state index contributed by atoms with van der Waals surface area (Å²) in [6.45, 7) is 2.82. The number of hydrogen-bond donors (Lipinski definition) is 1. The smallest absolute Gasteiger partial charge is 0.214 e. The Hall–Kier alpha value is -3.52. The first-order valence-corrected chi connectivity index (χ1v) is 12.5. The molecule has 1 unspecified atom stereocenters. The van der Waals surface area contributed by atoms with Gasteiger partial charge in [0.15, 0.2) is 5.65 Å². The van der Waals surface area contributed by atoms with Crippen LogP contribution < -0.4 is 15.0 Å². The zero-order valence-electron chi connectivity index (χ0n) is 19.6. The van der Waals surface area contributed by atoms with E-state index >= 15 is 0 Å². The molecule has 3 aromatic heterocycles. The number of nitrogens with one attached hydrogen (secondary N) is 1. The van der Waals surface area contributed by atoms with Crippen LogP contribution in [-0.2, 0) is 0 Å². The van der Waals surface area contributed by atoms with Crippen molar-refractivity contribution < 1.29 is 9.13 Å². The Kier molecular flexibility index (Phi) is 6.04. The third kappa shape index (κ3) is 4.58. The predicted molar refractivity (Wildman–Crippen MR) is 133 cm³/mol. The number of rotatable bonds is 5. The van der Waals surface area contributed by atoms with Gasteiger partial charge in [-0.2, -0.15) is 0 Å². The molecule has 1 aromatic carbocycles. The second-order valence-corrected chi connectivity index (χ2v) is 9.29. The minimum Gasteiger partial charge on any atom is -0.474 e. The van der Waals surface area contributed by atoms with Crippen LogP contribution in [-0.4, -0.2) is 45.3 Å². The molecule has 35 heavy (non-hydrogen) atoms. The lowest BCUT2D eigenvalue weighted by Crippen LogP contribution is -2.34. The summed E-state index contributed by atoms with van der Waals surface area (Å²) in [7, 11) is 0. The Morgan fingerprint density at radius 2 is 1.86 bits per heavy atom. The summed E-state index contributed by atoms with van der Waals surface area (Å²) in [5.74, 6) is 1.28. The molecule has 0 radical (unpaired) electrons. The number of piperidine rings is 2. The molecule has 0 spiro atoms. The molecule has 0 amide bonds. The van der Waals surface area contributed by atoms with Crippen LogP contribution in [0.2, 0.25) is 0 Å². The monoisotopic (exact) mass is 472 g/mol. The van der Waals surface area contributed by atoms with Gasteiger partial charge < -0.3 is 15.0 Å². The average molecular weight is 473 g/mol. The molecule has 0 bridgehead atoms. The van der Waals surface area contributed by atoms with Gasteiger partial charge in [-0.3, -0.25) is 0 Å². The van der Waals surface area contributed by atoms with Crippen molar-refractivity contribution >= 4 is 11.5 Å². The van der Waals surface area contributed by atoms with Crippen LogP contribution in [0.15, 0.2) is 60.8 Å². The summed E-state index contributed by atoms with van der Waals surface area (Å²) in [6.07, 6.45) is 7.12. The molecule has 2 aliphatic rings. The molecule has 1 N–H and O–H groups in total. The first-order chi connectivity index (χ1) is 17.2. The highest BCUT2D eigenvalue weighted by atomic mass is 19.1. The van der Waals surface area contributed by atoms with Crippen molar-refractivity contribution in [2.24, 2.45) is 0 Å². The van der Waals surface area contributed by atoms with Crippen molar-refractivity contribution in [3.05, 3.63) is 72.2 Å². The molecule has 1 atom stereocenters. The van der Waals surface area contributed by atoms with Gasteiger partial charge in [-0.1, -0.05) is 18.2 Å². The summed E-state index contributed by atoms with van der Waals surface area (Å²) in [5.41, 5.74) is 3.34. The van der Waals surface area contributed by atoms with Gasteiger partial charge in [-0.15, -0.1) is 5.10 Å². The second kappa shape index (κ2) is 9.62. The van der Waals surface area contributed by atoms with Crippen LogP contribution in [0, 0.1) is 5.82 Å². The maximum Gasteiger partial charge on any atom is 0.214 e. The molecule has 2 saturated heterocycles. The van der Waals surface area contributed by atoms with E-state index in [1.165, 1.54) is 6.07 Å².